The quantitative estimate of drug-likeness (QED) is 0.859. The molecule has 0 aromatic carbocycles. The maximum Gasteiger partial charge on any atom is 0.0538 e. The van der Waals surface area contributed by atoms with Gasteiger partial charge in [-0.25, -0.2) is 0 Å². The van der Waals surface area contributed by atoms with E-state index >= 15 is 0 Å². The van der Waals surface area contributed by atoms with Gasteiger partial charge in [-0.15, -0.1) is 0 Å². The second-order valence-electron chi connectivity index (χ2n) is 5.92. The fraction of sp³-hybridized carbons (Fsp3) is 0.800. The summed E-state index contributed by atoms with van der Waals surface area (Å²) in [5.74, 6) is 0.622. The minimum atomic E-state index is 0.153. The van der Waals surface area contributed by atoms with Crippen LogP contribution in [0, 0.1) is 5.92 Å². The van der Waals surface area contributed by atoms with Crippen molar-refractivity contribution in [2.45, 2.75) is 38.3 Å². The number of likely N-dealkylation sites (tertiary alicyclic amines) is 1. The molecule has 0 amide bonds. The van der Waals surface area contributed by atoms with Crippen LogP contribution >= 0.6 is 0 Å². The Morgan fingerprint density at radius 2 is 2.35 bits per heavy atom. The average molecular weight is 280 g/mol. The summed E-state index contributed by atoms with van der Waals surface area (Å²) in [7, 11) is 3.75. The van der Waals surface area contributed by atoms with Crippen molar-refractivity contribution in [1.29, 1.82) is 0 Å². The summed E-state index contributed by atoms with van der Waals surface area (Å²) in [5.41, 5.74) is 7.63. The highest BCUT2D eigenvalue weighted by atomic mass is 16.5. The Hall–Kier alpha value is -0.910. The van der Waals surface area contributed by atoms with Crippen LogP contribution in [0.15, 0.2) is 12.4 Å². The molecule has 1 aromatic heterocycles. The molecule has 2 N–H and O–H groups in total. The number of piperidine rings is 1. The molecule has 1 aliphatic rings. The van der Waals surface area contributed by atoms with E-state index in [9.17, 15) is 0 Å². The molecule has 114 valence electrons. The molecule has 20 heavy (non-hydrogen) atoms. The Bertz CT molecular complexity index is 404. The van der Waals surface area contributed by atoms with E-state index < -0.39 is 0 Å². The molecule has 2 heterocycles. The van der Waals surface area contributed by atoms with E-state index in [0.29, 0.717) is 5.92 Å². The molecule has 1 aliphatic heterocycles. The first-order valence-electron chi connectivity index (χ1n) is 7.62. The van der Waals surface area contributed by atoms with Crippen molar-refractivity contribution in [3.8, 4) is 0 Å². The van der Waals surface area contributed by atoms with E-state index in [0.717, 1.165) is 26.1 Å². The summed E-state index contributed by atoms with van der Waals surface area (Å²) < 4.78 is 7.19. The van der Waals surface area contributed by atoms with Crippen LogP contribution in [0.3, 0.4) is 0 Å². The maximum absolute atomic E-state index is 6.40. The number of hydrogen-bond donors (Lipinski definition) is 1. The number of rotatable bonds is 6. The van der Waals surface area contributed by atoms with Crippen LogP contribution in [0.4, 0.5) is 0 Å². The zero-order chi connectivity index (χ0) is 14.5. The molecular weight excluding hydrogens is 252 g/mol. The molecule has 1 fully saturated rings. The topological polar surface area (TPSA) is 56.3 Å². The monoisotopic (exact) mass is 280 g/mol. The highest BCUT2D eigenvalue weighted by Gasteiger charge is 2.30. The molecule has 5 heteroatoms. The summed E-state index contributed by atoms with van der Waals surface area (Å²) >= 11 is 0. The predicted octanol–water partition coefficient (Wildman–Crippen LogP) is 1.56. The van der Waals surface area contributed by atoms with E-state index in [2.05, 4.69) is 23.1 Å². The molecule has 1 aromatic rings. The van der Waals surface area contributed by atoms with Gasteiger partial charge in [0.2, 0.25) is 0 Å². The molecule has 0 radical (unpaired) electrons. The van der Waals surface area contributed by atoms with Gasteiger partial charge in [0.1, 0.15) is 0 Å². The third-order valence-electron chi connectivity index (χ3n) is 4.29. The van der Waals surface area contributed by atoms with Gasteiger partial charge in [-0.05, 0) is 31.7 Å². The molecule has 2 rings (SSSR count). The van der Waals surface area contributed by atoms with Gasteiger partial charge in [-0.1, -0.05) is 6.92 Å². The third kappa shape index (κ3) is 3.59. The van der Waals surface area contributed by atoms with Crippen molar-refractivity contribution in [2.75, 3.05) is 26.8 Å². The molecule has 3 atom stereocenters. The van der Waals surface area contributed by atoms with Gasteiger partial charge in [-0.3, -0.25) is 9.58 Å². The summed E-state index contributed by atoms with van der Waals surface area (Å²) in [5, 5.41) is 4.31. The van der Waals surface area contributed by atoms with E-state index in [1.807, 2.05) is 17.9 Å². The summed E-state index contributed by atoms with van der Waals surface area (Å²) in [4.78, 5) is 2.53. The number of methoxy groups -OCH3 is 1. The lowest BCUT2D eigenvalue weighted by molar-refractivity contribution is 0.0597. The highest BCUT2D eigenvalue weighted by molar-refractivity contribution is 5.14. The van der Waals surface area contributed by atoms with E-state index in [1.165, 1.54) is 18.4 Å². The summed E-state index contributed by atoms with van der Waals surface area (Å²) in [6, 6.07) is 0.425. The van der Waals surface area contributed by atoms with Crippen LogP contribution in [0.1, 0.15) is 37.8 Å². The lowest BCUT2D eigenvalue weighted by Gasteiger charge is -2.40. The predicted molar refractivity (Wildman–Crippen MR) is 80.4 cm³/mol. The molecule has 0 saturated carbocycles. The molecular formula is C15H28N4O. The molecule has 3 unspecified atom stereocenters. The lowest BCUT2D eigenvalue weighted by atomic mass is 9.92. The van der Waals surface area contributed by atoms with Gasteiger partial charge < -0.3 is 10.5 Å². The van der Waals surface area contributed by atoms with Crippen molar-refractivity contribution in [3.63, 3.8) is 0 Å². The van der Waals surface area contributed by atoms with E-state index in [-0.39, 0.29) is 12.1 Å². The standard InChI is InChI=1S/C15H28N4O/c1-4-14(16)15(13-8-17-18(2)10-13)19-7-5-6-12(9-19)11-20-3/h8,10,12,14-15H,4-7,9,11,16H2,1-3H3. The van der Waals surface area contributed by atoms with Crippen LogP contribution in [-0.2, 0) is 11.8 Å². The zero-order valence-electron chi connectivity index (χ0n) is 13.0. The van der Waals surface area contributed by atoms with Gasteiger partial charge in [-0.2, -0.15) is 5.10 Å². The number of ether oxygens (including phenoxy) is 1. The number of nitrogens with zero attached hydrogens (tertiary/aromatic N) is 3. The zero-order valence-corrected chi connectivity index (χ0v) is 13.0. The summed E-state index contributed by atoms with van der Waals surface area (Å²) in [6.07, 6.45) is 7.51. The minimum absolute atomic E-state index is 0.153. The van der Waals surface area contributed by atoms with Crippen molar-refractivity contribution in [3.05, 3.63) is 18.0 Å². The first-order valence-corrected chi connectivity index (χ1v) is 7.62. The van der Waals surface area contributed by atoms with Gasteiger partial charge in [0.15, 0.2) is 0 Å². The Morgan fingerprint density at radius 3 is 2.95 bits per heavy atom. The second kappa shape index (κ2) is 7.20. The fourth-order valence-corrected chi connectivity index (χ4v) is 3.27. The second-order valence-corrected chi connectivity index (χ2v) is 5.92. The third-order valence-corrected chi connectivity index (χ3v) is 4.29. The largest absolute Gasteiger partial charge is 0.384 e. The number of aryl methyl sites for hydroxylation is 1. The van der Waals surface area contributed by atoms with Crippen LogP contribution in [-0.4, -0.2) is 47.5 Å². The van der Waals surface area contributed by atoms with Crippen molar-refractivity contribution >= 4 is 0 Å². The average Bonchev–Trinajstić information content (AvgIpc) is 2.86. The van der Waals surface area contributed by atoms with Crippen molar-refractivity contribution in [1.82, 2.24) is 14.7 Å². The van der Waals surface area contributed by atoms with Crippen LogP contribution in [0.2, 0.25) is 0 Å². The Kier molecular flexibility index (Phi) is 5.57. The van der Waals surface area contributed by atoms with Crippen LogP contribution in [0.25, 0.3) is 0 Å². The minimum Gasteiger partial charge on any atom is -0.384 e. The number of hydrogen-bond acceptors (Lipinski definition) is 4. The van der Waals surface area contributed by atoms with Crippen molar-refractivity contribution < 1.29 is 4.74 Å². The van der Waals surface area contributed by atoms with Gasteiger partial charge >= 0.3 is 0 Å². The molecule has 0 spiro atoms. The molecule has 0 aliphatic carbocycles. The van der Waals surface area contributed by atoms with Crippen LogP contribution < -0.4 is 5.73 Å². The lowest BCUT2D eigenvalue weighted by Crippen LogP contribution is -2.46. The first-order chi connectivity index (χ1) is 9.65. The Morgan fingerprint density at radius 1 is 1.55 bits per heavy atom. The fourth-order valence-electron chi connectivity index (χ4n) is 3.27. The first kappa shape index (κ1) is 15.5. The Balaban J connectivity index is 2.14. The number of aromatic nitrogens is 2. The SMILES string of the molecule is CCC(N)C(c1cnn(C)c1)N1CCCC(COC)C1. The summed E-state index contributed by atoms with van der Waals surface area (Å²) in [6.45, 7) is 5.19. The molecule has 5 nitrogen and oxygen atoms in total. The van der Waals surface area contributed by atoms with Gasteiger partial charge in [0.05, 0.1) is 18.8 Å². The Labute approximate surface area is 122 Å². The van der Waals surface area contributed by atoms with Crippen molar-refractivity contribution in [2.24, 2.45) is 18.7 Å². The van der Waals surface area contributed by atoms with E-state index in [1.54, 1.807) is 7.11 Å². The maximum atomic E-state index is 6.40. The van der Waals surface area contributed by atoms with Gasteiger partial charge in [0, 0.05) is 38.5 Å². The highest BCUT2D eigenvalue weighted by Crippen LogP contribution is 2.29. The number of nitrogens with two attached hydrogens (primary N) is 1. The smallest absolute Gasteiger partial charge is 0.0538 e. The van der Waals surface area contributed by atoms with Crippen LogP contribution in [0.5, 0.6) is 0 Å². The normalized spacial score (nSPS) is 23.7. The molecule has 1 saturated heterocycles. The molecule has 0 bridgehead atoms. The van der Waals surface area contributed by atoms with E-state index in [4.69, 9.17) is 10.5 Å². The van der Waals surface area contributed by atoms with Gasteiger partial charge in [0.25, 0.3) is 0 Å².